The third-order valence-electron chi connectivity index (χ3n) is 6.45. The summed E-state index contributed by atoms with van der Waals surface area (Å²) in [4.78, 5) is 0. The summed E-state index contributed by atoms with van der Waals surface area (Å²) in [5, 5.41) is 13.2. The van der Waals surface area contributed by atoms with E-state index in [4.69, 9.17) is 21.6 Å². The Morgan fingerprint density at radius 2 is 1.22 bits per heavy atom. The van der Waals surface area contributed by atoms with Crippen LogP contribution < -0.4 is 10.1 Å². The quantitative estimate of drug-likeness (QED) is 0.277. The first kappa shape index (κ1) is 22.0. The number of nitriles is 1. The minimum atomic E-state index is -0.292. The molecule has 5 aromatic rings. The van der Waals surface area contributed by atoms with Gasteiger partial charge in [-0.2, -0.15) is 5.26 Å². The summed E-state index contributed by atoms with van der Waals surface area (Å²) in [6, 6.07) is 40.7. The van der Waals surface area contributed by atoms with E-state index in [2.05, 4.69) is 72.0 Å². The standard InChI is InChI=1S/C32H21ClN2O/c33-28-18-29(26-14-10-25(11-15-26)23-8-6-21(20-34)7-9-23)31-30(19-28)36-32(35-31)27-16-12-24(13-17-27)22-4-2-1-3-5-22/h1-19,32,35H. The third-order valence-corrected chi connectivity index (χ3v) is 6.67. The van der Waals surface area contributed by atoms with Crippen molar-refractivity contribution >= 4 is 17.3 Å². The van der Waals surface area contributed by atoms with Crippen molar-refractivity contribution in [3.05, 3.63) is 131 Å². The van der Waals surface area contributed by atoms with Crippen molar-refractivity contribution < 1.29 is 4.74 Å². The molecule has 4 heteroatoms. The molecular formula is C32H21ClN2O. The van der Waals surface area contributed by atoms with Crippen LogP contribution in [0.2, 0.25) is 5.02 Å². The molecule has 0 radical (unpaired) electrons. The van der Waals surface area contributed by atoms with Crippen LogP contribution in [0.25, 0.3) is 33.4 Å². The van der Waals surface area contributed by atoms with Crippen molar-refractivity contribution in [3.8, 4) is 45.2 Å². The van der Waals surface area contributed by atoms with Crippen LogP contribution in [0.15, 0.2) is 115 Å². The van der Waals surface area contributed by atoms with Gasteiger partial charge in [0.05, 0.1) is 17.3 Å². The van der Waals surface area contributed by atoms with E-state index in [-0.39, 0.29) is 6.23 Å². The monoisotopic (exact) mass is 484 g/mol. The van der Waals surface area contributed by atoms with Crippen LogP contribution in [0, 0.1) is 11.3 Å². The highest BCUT2D eigenvalue weighted by atomic mass is 35.5. The van der Waals surface area contributed by atoms with E-state index in [0.29, 0.717) is 10.6 Å². The summed E-state index contributed by atoms with van der Waals surface area (Å²) in [5.41, 5.74) is 9.17. The van der Waals surface area contributed by atoms with Crippen molar-refractivity contribution in [2.24, 2.45) is 0 Å². The summed E-state index contributed by atoms with van der Waals surface area (Å²) >= 11 is 6.48. The predicted octanol–water partition coefficient (Wildman–Crippen LogP) is 8.72. The van der Waals surface area contributed by atoms with Crippen molar-refractivity contribution in [2.45, 2.75) is 6.23 Å². The number of hydrogen-bond donors (Lipinski definition) is 1. The number of anilines is 1. The van der Waals surface area contributed by atoms with Crippen molar-refractivity contribution in [1.82, 2.24) is 0 Å². The molecule has 1 unspecified atom stereocenters. The van der Waals surface area contributed by atoms with Crippen LogP contribution >= 0.6 is 11.6 Å². The Kier molecular flexibility index (Phi) is 5.65. The molecule has 0 fully saturated rings. The zero-order valence-electron chi connectivity index (χ0n) is 19.3. The average Bonchev–Trinajstić information content (AvgIpc) is 3.37. The van der Waals surface area contributed by atoms with Gasteiger partial charge in [0.15, 0.2) is 6.23 Å². The first-order chi connectivity index (χ1) is 17.7. The molecule has 0 saturated carbocycles. The minimum absolute atomic E-state index is 0.292. The maximum Gasteiger partial charge on any atom is 0.196 e. The van der Waals surface area contributed by atoms with Crippen molar-refractivity contribution in [2.75, 3.05) is 5.32 Å². The second-order valence-electron chi connectivity index (χ2n) is 8.72. The van der Waals surface area contributed by atoms with Gasteiger partial charge in [-0.15, -0.1) is 0 Å². The first-order valence-corrected chi connectivity index (χ1v) is 12.1. The average molecular weight is 485 g/mol. The Labute approximate surface area is 215 Å². The van der Waals surface area contributed by atoms with Gasteiger partial charge in [-0.05, 0) is 46.0 Å². The molecule has 6 rings (SSSR count). The lowest BCUT2D eigenvalue weighted by molar-refractivity contribution is 0.260. The lowest BCUT2D eigenvalue weighted by Crippen LogP contribution is -2.10. The summed E-state index contributed by atoms with van der Waals surface area (Å²) in [5.74, 6) is 0.741. The number of ether oxygens (including phenoxy) is 1. The smallest absolute Gasteiger partial charge is 0.196 e. The third kappa shape index (κ3) is 4.20. The molecular weight excluding hydrogens is 464 g/mol. The molecule has 1 atom stereocenters. The van der Waals surface area contributed by atoms with E-state index >= 15 is 0 Å². The van der Waals surface area contributed by atoms with E-state index in [1.807, 2.05) is 54.6 Å². The highest BCUT2D eigenvalue weighted by Gasteiger charge is 2.27. The highest BCUT2D eigenvalue weighted by Crippen LogP contribution is 2.46. The van der Waals surface area contributed by atoms with Gasteiger partial charge in [0.25, 0.3) is 0 Å². The van der Waals surface area contributed by atoms with Gasteiger partial charge < -0.3 is 10.1 Å². The van der Waals surface area contributed by atoms with E-state index in [1.54, 1.807) is 0 Å². The van der Waals surface area contributed by atoms with Crippen molar-refractivity contribution in [1.29, 1.82) is 5.26 Å². The van der Waals surface area contributed by atoms with E-state index in [0.717, 1.165) is 39.3 Å². The number of nitrogens with zero attached hydrogens (tertiary/aromatic N) is 1. The molecule has 5 aromatic carbocycles. The van der Waals surface area contributed by atoms with Crippen LogP contribution in [0.5, 0.6) is 5.75 Å². The Morgan fingerprint density at radius 3 is 1.86 bits per heavy atom. The number of halogens is 1. The topological polar surface area (TPSA) is 45.0 Å². The molecule has 0 spiro atoms. The Morgan fingerprint density at radius 1 is 0.667 bits per heavy atom. The van der Waals surface area contributed by atoms with Gasteiger partial charge >= 0.3 is 0 Å². The molecule has 0 bridgehead atoms. The van der Waals surface area contributed by atoms with Gasteiger partial charge in [-0.1, -0.05) is 103 Å². The van der Waals surface area contributed by atoms with Crippen LogP contribution in [0.4, 0.5) is 5.69 Å². The molecule has 0 saturated heterocycles. The first-order valence-electron chi connectivity index (χ1n) is 11.7. The number of rotatable bonds is 4. The minimum Gasteiger partial charge on any atom is -0.464 e. The van der Waals surface area contributed by atoms with Crippen LogP contribution in [-0.2, 0) is 0 Å². The number of nitrogens with one attached hydrogen (secondary N) is 1. The van der Waals surface area contributed by atoms with Crippen LogP contribution in [0.1, 0.15) is 17.4 Å². The molecule has 1 aliphatic rings. The number of fused-ring (bicyclic) bond motifs is 1. The summed E-state index contributed by atoms with van der Waals surface area (Å²) < 4.78 is 6.27. The van der Waals surface area contributed by atoms with Crippen LogP contribution in [0.3, 0.4) is 0 Å². The molecule has 1 aliphatic heterocycles. The van der Waals surface area contributed by atoms with E-state index in [9.17, 15) is 0 Å². The molecule has 0 amide bonds. The normalized spacial score (nSPS) is 13.8. The Hall–Kier alpha value is -4.52. The van der Waals surface area contributed by atoms with E-state index < -0.39 is 0 Å². The lowest BCUT2D eigenvalue weighted by Gasteiger charge is -2.13. The molecule has 0 aromatic heterocycles. The SMILES string of the molecule is N#Cc1ccc(-c2ccc(-c3cc(Cl)cc4c3NC(c3ccc(-c5ccccc5)cc3)O4)cc2)cc1. The lowest BCUT2D eigenvalue weighted by atomic mass is 9.98. The number of benzene rings is 5. The maximum absolute atomic E-state index is 9.03. The van der Waals surface area contributed by atoms with Gasteiger partial charge in [0.1, 0.15) is 5.75 Å². The second-order valence-corrected chi connectivity index (χ2v) is 9.16. The van der Waals surface area contributed by atoms with Crippen LogP contribution in [-0.4, -0.2) is 0 Å². The Bertz CT molecular complexity index is 1570. The van der Waals surface area contributed by atoms with Gasteiger partial charge in [-0.3, -0.25) is 0 Å². The summed E-state index contributed by atoms with van der Waals surface area (Å²) in [6.45, 7) is 0. The molecule has 1 N–H and O–H groups in total. The van der Waals surface area contributed by atoms with Gasteiger partial charge in [0.2, 0.25) is 0 Å². The molecule has 172 valence electrons. The fourth-order valence-electron chi connectivity index (χ4n) is 4.55. The second kappa shape index (κ2) is 9.26. The predicted molar refractivity (Wildman–Crippen MR) is 146 cm³/mol. The van der Waals surface area contributed by atoms with Gasteiger partial charge in [-0.25, -0.2) is 0 Å². The highest BCUT2D eigenvalue weighted by molar-refractivity contribution is 6.31. The Balaban J connectivity index is 1.27. The molecule has 3 nitrogen and oxygen atoms in total. The molecule has 1 heterocycles. The number of hydrogen-bond acceptors (Lipinski definition) is 3. The largest absolute Gasteiger partial charge is 0.464 e. The zero-order chi connectivity index (χ0) is 24.5. The maximum atomic E-state index is 9.03. The fraction of sp³-hybridized carbons (Fsp3) is 0.0312. The molecule has 36 heavy (non-hydrogen) atoms. The fourth-order valence-corrected chi connectivity index (χ4v) is 4.76. The van der Waals surface area contributed by atoms with Gasteiger partial charge in [0, 0.05) is 22.2 Å². The van der Waals surface area contributed by atoms with Crippen molar-refractivity contribution in [3.63, 3.8) is 0 Å². The zero-order valence-corrected chi connectivity index (χ0v) is 20.0. The molecule has 0 aliphatic carbocycles. The van der Waals surface area contributed by atoms with E-state index in [1.165, 1.54) is 11.1 Å². The summed E-state index contributed by atoms with van der Waals surface area (Å²) in [6.07, 6.45) is -0.292. The summed E-state index contributed by atoms with van der Waals surface area (Å²) in [7, 11) is 0.